The number of benzene rings is 1. The van der Waals surface area contributed by atoms with E-state index < -0.39 is 0 Å². The molecule has 2 heterocycles. The molecule has 0 unspecified atom stereocenters. The summed E-state index contributed by atoms with van der Waals surface area (Å²) in [5.41, 5.74) is 1.54. The monoisotopic (exact) mass is 256 g/mol. The van der Waals surface area contributed by atoms with E-state index >= 15 is 0 Å². The van der Waals surface area contributed by atoms with Crippen molar-refractivity contribution in [3.8, 4) is 0 Å². The van der Waals surface area contributed by atoms with Gasteiger partial charge in [-0.1, -0.05) is 0 Å². The molecule has 0 aliphatic rings. The molecule has 3 rings (SSSR count). The summed E-state index contributed by atoms with van der Waals surface area (Å²) >= 11 is 0. The summed E-state index contributed by atoms with van der Waals surface area (Å²) in [5.74, 6) is -0.228. The first-order chi connectivity index (χ1) is 9.15. The first-order valence-electron chi connectivity index (χ1n) is 6.04. The average molecular weight is 256 g/mol. The molecule has 96 valence electrons. The molecule has 1 aromatic carbocycles. The number of carbonyl (C=O) groups is 1. The smallest absolute Gasteiger partial charge is 0.198 e. The minimum atomic E-state index is -0.265. The third-order valence-electron chi connectivity index (χ3n) is 3.28. The number of ketones is 1. The lowest BCUT2D eigenvalue weighted by Crippen LogP contribution is -2.12. The number of fused-ring (bicyclic) bond motifs is 1. The zero-order valence-electron chi connectivity index (χ0n) is 10.5. The summed E-state index contributed by atoms with van der Waals surface area (Å²) in [6, 6.07) is 10.0. The Hall–Kier alpha value is -2.36. The van der Waals surface area contributed by atoms with Crippen molar-refractivity contribution in [3.05, 3.63) is 60.3 Å². The van der Waals surface area contributed by atoms with E-state index in [4.69, 9.17) is 0 Å². The zero-order chi connectivity index (χ0) is 13.4. The fourth-order valence-electron chi connectivity index (χ4n) is 2.30. The van der Waals surface area contributed by atoms with Crippen LogP contribution in [0.2, 0.25) is 0 Å². The lowest BCUT2D eigenvalue weighted by atomic mass is 10.2. The zero-order valence-corrected chi connectivity index (χ0v) is 10.5. The van der Waals surface area contributed by atoms with Crippen molar-refractivity contribution < 1.29 is 9.18 Å². The van der Waals surface area contributed by atoms with E-state index in [0.29, 0.717) is 5.69 Å². The van der Waals surface area contributed by atoms with E-state index in [2.05, 4.69) is 0 Å². The number of hydrogen-bond donors (Lipinski definition) is 0. The van der Waals surface area contributed by atoms with Gasteiger partial charge in [0.2, 0.25) is 0 Å². The van der Waals surface area contributed by atoms with E-state index in [1.165, 1.54) is 12.1 Å². The molecule has 3 aromatic rings. The molecule has 19 heavy (non-hydrogen) atoms. The Bertz CT molecular complexity index is 754. The van der Waals surface area contributed by atoms with Crippen molar-refractivity contribution in [3.63, 3.8) is 0 Å². The molecule has 0 amide bonds. The molecular formula is C15H13FN2O. The highest BCUT2D eigenvalue weighted by atomic mass is 19.1. The Morgan fingerprint density at radius 2 is 2.05 bits per heavy atom. The Labute approximate surface area is 109 Å². The van der Waals surface area contributed by atoms with Gasteiger partial charge in [0.25, 0.3) is 0 Å². The maximum absolute atomic E-state index is 13.1. The first kappa shape index (κ1) is 11.7. The van der Waals surface area contributed by atoms with Crippen LogP contribution in [0.4, 0.5) is 4.39 Å². The molecule has 0 aliphatic heterocycles. The molecule has 3 nitrogen and oxygen atoms in total. The van der Waals surface area contributed by atoms with Gasteiger partial charge in [0.15, 0.2) is 5.78 Å². The highest BCUT2D eigenvalue weighted by molar-refractivity contribution is 5.95. The molecule has 0 aliphatic carbocycles. The molecule has 0 spiro atoms. The van der Waals surface area contributed by atoms with Crippen molar-refractivity contribution in [1.29, 1.82) is 0 Å². The summed E-state index contributed by atoms with van der Waals surface area (Å²) in [5, 5.41) is 0.805. The van der Waals surface area contributed by atoms with Gasteiger partial charge >= 0.3 is 0 Å². The first-order valence-corrected chi connectivity index (χ1v) is 6.04. The van der Waals surface area contributed by atoms with Crippen LogP contribution in [0.1, 0.15) is 10.5 Å². The second-order valence-electron chi connectivity index (χ2n) is 4.57. The Morgan fingerprint density at radius 3 is 2.79 bits per heavy atom. The number of halogens is 1. The topological polar surface area (TPSA) is 26.9 Å². The number of Topliss-reactive ketones (excluding diaryl/α,β-unsaturated/α-hetero) is 1. The summed E-state index contributed by atoms with van der Waals surface area (Å²) in [6.07, 6.45) is 3.65. The Morgan fingerprint density at radius 1 is 1.21 bits per heavy atom. The highest BCUT2D eigenvalue weighted by Crippen LogP contribution is 2.17. The van der Waals surface area contributed by atoms with E-state index in [0.717, 1.165) is 10.9 Å². The van der Waals surface area contributed by atoms with E-state index in [-0.39, 0.29) is 18.1 Å². The maximum Gasteiger partial charge on any atom is 0.198 e. The maximum atomic E-state index is 13.1. The van der Waals surface area contributed by atoms with Crippen LogP contribution in [-0.2, 0) is 13.6 Å². The predicted molar refractivity (Wildman–Crippen MR) is 71.6 cm³/mol. The number of aromatic nitrogens is 2. The lowest BCUT2D eigenvalue weighted by Gasteiger charge is -2.06. The molecular weight excluding hydrogens is 243 g/mol. The highest BCUT2D eigenvalue weighted by Gasteiger charge is 2.11. The van der Waals surface area contributed by atoms with Crippen LogP contribution in [0.25, 0.3) is 10.9 Å². The van der Waals surface area contributed by atoms with Crippen molar-refractivity contribution in [2.45, 2.75) is 6.54 Å². The second-order valence-corrected chi connectivity index (χ2v) is 4.57. The Balaban J connectivity index is 1.94. The van der Waals surface area contributed by atoms with Gasteiger partial charge in [-0.15, -0.1) is 0 Å². The largest absolute Gasteiger partial charge is 0.348 e. The van der Waals surface area contributed by atoms with Gasteiger partial charge in [-0.25, -0.2) is 4.39 Å². The van der Waals surface area contributed by atoms with E-state index in [9.17, 15) is 9.18 Å². The second kappa shape index (κ2) is 4.39. The Kier molecular flexibility index (Phi) is 2.71. The van der Waals surface area contributed by atoms with Crippen LogP contribution in [0.15, 0.2) is 48.8 Å². The van der Waals surface area contributed by atoms with Gasteiger partial charge < -0.3 is 9.13 Å². The third kappa shape index (κ3) is 2.05. The quantitative estimate of drug-likeness (QED) is 0.662. The molecule has 0 radical (unpaired) electrons. The number of hydrogen-bond acceptors (Lipinski definition) is 1. The number of carbonyl (C=O) groups excluding carboxylic acids is 1. The van der Waals surface area contributed by atoms with Crippen molar-refractivity contribution in [2.24, 2.45) is 7.05 Å². The van der Waals surface area contributed by atoms with Crippen molar-refractivity contribution in [2.75, 3.05) is 0 Å². The summed E-state index contributed by atoms with van der Waals surface area (Å²) in [6.45, 7) is 0.257. The average Bonchev–Trinajstić information content (AvgIpc) is 2.96. The third-order valence-corrected chi connectivity index (χ3v) is 3.28. The van der Waals surface area contributed by atoms with E-state index in [1.807, 2.05) is 36.1 Å². The van der Waals surface area contributed by atoms with Crippen LogP contribution < -0.4 is 0 Å². The van der Waals surface area contributed by atoms with Gasteiger partial charge in [-0.3, -0.25) is 4.79 Å². The minimum Gasteiger partial charge on any atom is -0.348 e. The number of aryl methyl sites for hydroxylation is 1. The standard InChI is InChI=1S/C15H13FN2O/c1-17-7-2-3-14(17)15(19)10-18-8-6-11-9-12(16)4-5-13(11)18/h2-9H,10H2,1H3. The van der Waals surface area contributed by atoms with Crippen LogP contribution >= 0.6 is 0 Å². The van der Waals surface area contributed by atoms with Gasteiger partial charge in [0.05, 0.1) is 12.2 Å². The molecule has 0 N–H and O–H groups in total. The summed E-state index contributed by atoms with van der Waals surface area (Å²) < 4.78 is 16.7. The minimum absolute atomic E-state index is 0.0364. The van der Waals surface area contributed by atoms with Gasteiger partial charge in [-0.2, -0.15) is 0 Å². The molecule has 0 saturated heterocycles. The van der Waals surface area contributed by atoms with E-state index in [1.54, 1.807) is 16.7 Å². The molecule has 4 heteroatoms. The number of nitrogens with zero attached hydrogens (tertiary/aromatic N) is 2. The van der Waals surface area contributed by atoms with Crippen molar-refractivity contribution in [1.82, 2.24) is 9.13 Å². The van der Waals surface area contributed by atoms with Gasteiger partial charge in [0.1, 0.15) is 5.82 Å². The molecule has 0 saturated carbocycles. The van der Waals surface area contributed by atoms with Crippen LogP contribution in [0.3, 0.4) is 0 Å². The predicted octanol–water partition coefficient (Wildman–Crippen LogP) is 3.00. The van der Waals surface area contributed by atoms with Gasteiger partial charge in [-0.05, 0) is 36.4 Å². The van der Waals surface area contributed by atoms with Crippen molar-refractivity contribution >= 4 is 16.7 Å². The molecule has 0 bridgehead atoms. The summed E-state index contributed by atoms with van der Waals surface area (Å²) in [7, 11) is 1.84. The summed E-state index contributed by atoms with van der Waals surface area (Å²) in [4.78, 5) is 12.2. The molecule has 0 fully saturated rings. The molecule has 0 atom stereocenters. The molecule has 2 aromatic heterocycles. The fourth-order valence-corrected chi connectivity index (χ4v) is 2.30. The normalized spacial score (nSPS) is 11.1. The fraction of sp³-hybridized carbons (Fsp3) is 0.133. The van der Waals surface area contributed by atoms with Gasteiger partial charge in [0, 0.05) is 30.3 Å². The van der Waals surface area contributed by atoms with Crippen LogP contribution in [-0.4, -0.2) is 14.9 Å². The number of rotatable bonds is 3. The van der Waals surface area contributed by atoms with Crippen LogP contribution in [0, 0.1) is 5.82 Å². The lowest BCUT2D eigenvalue weighted by molar-refractivity contribution is 0.0965. The van der Waals surface area contributed by atoms with Crippen LogP contribution in [0.5, 0.6) is 0 Å². The SMILES string of the molecule is Cn1cccc1C(=O)Cn1ccc2cc(F)ccc21.